The number of rotatable bonds is 43. The van der Waals surface area contributed by atoms with Crippen molar-refractivity contribution in [1.29, 1.82) is 0 Å². The molecule has 0 aliphatic carbocycles. The fourth-order valence-electron chi connectivity index (χ4n) is 6.63. The maximum absolute atomic E-state index is 12.7. The molecule has 0 N–H and O–H groups in total. The Bertz CT molecular complexity index is 1070. The van der Waals surface area contributed by atoms with E-state index in [4.69, 9.17) is 14.2 Å². The van der Waals surface area contributed by atoms with Gasteiger partial charge in [-0.2, -0.15) is 0 Å². The largest absolute Gasteiger partial charge is 0.462 e. The summed E-state index contributed by atoms with van der Waals surface area (Å²) in [6, 6.07) is 0. The molecule has 334 valence electrons. The molecule has 1 atom stereocenters. The van der Waals surface area contributed by atoms with E-state index < -0.39 is 12.1 Å². The average molecular weight is 811 g/mol. The first kappa shape index (κ1) is 55.1. The molecule has 1 unspecified atom stereocenters. The van der Waals surface area contributed by atoms with Crippen molar-refractivity contribution in [1.82, 2.24) is 0 Å². The minimum absolute atomic E-state index is 0.103. The zero-order valence-electron chi connectivity index (χ0n) is 38.0. The van der Waals surface area contributed by atoms with Gasteiger partial charge >= 0.3 is 17.9 Å². The van der Waals surface area contributed by atoms with Gasteiger partial charge in [-0.1, -0.05) is 204 Å². The molecule has 6 heteroatoms. The Kier molecular flexibility index (Phi) is 44.5. The molecule has 0 fully saturated rings. The number of esters is 3. The van der Waals surface area contributed by atoms with Gasteiger partial charge in [-0.25, -0.2) is 0 Å². The smallest absolute Gasteiger partial charge is 0.306 e. The second-order valence-corrected chi connectivity index (χ2v) is 16.0. The van der Waals surface area contributed by atoms with Crippen molar-refractivity contribution in [3.8, 4) is 0 Å². The molecule has 0 saturated carbocycles. The van der Waals surface area contributed by atoms with Crippen LogP contribution in [0.3, 0.4) is 0 Å². The maximum Gasteiger partial charge on any atom is 0.306 e. The molecule has 58 heavy (non-hydrogen) atoms. The highest BCUT2D eigenvalue weighted by Crippen LogP contribution is 2.14. The fourth-order valence-corrected chi connectivity index (χ4v) is 6.63. The topological polar surface area (TPSA) is 78.9 Å². The summed E-state index contributed by atoms with van der Waals surface area (Å²) in [4.78, 5) is 37.7. The third-order valence-corrected chi connectivity index (χ3v) is 10.3. The molecule has 0 saturated heterocycles. The van der Waals surface area contributed by atoms with Crippen LogP contribution in [-0.4, -0.2) is 37.2 Å². The lowest BCUT2D eigenvalue weighted by atomic mass is 10.1. The number of unbranched alkanes of at least 4 members (excludes halogenated alkanes) is 22. The number of allylic oxidation sites excluding steroid dienone is 10. The van der Waals surface area contributed by atoms with E-state index in [1.165, 1.54) is 122 Å². The summed E-state index contributed by atoms with van der Waals surface area (Å²) in [6.45, 7) is 6.43. The number of carbonyl (C=O) groups is 3. The highest BCUT2D eigenvalue weighted by atomic mass is 16.6. The Labute approximate surface area is 358 Å². The first-order chi connectivity index (χ1) is 28.5. The lowest BCUT2D eigenvalue weighted by molar-refractivity contribution is -0.166. The first-order valence-corrected chi connectivity index (χ1v) is 24.3. The predicted molar refractivity (Wildman–Crippen MR) is 247 cm³/mol. The molecule has 0 aromatic rings. The Morgan fingerprint density at radius 3 is 1.12 bits per heavy atom. The van der Waals surface area contributed by atoms with Gasteiger partial charge in [0.1, 0.15) is 13.2 Å². The lowest BCUT2D eigenvalue weighted by Crippen LogP contribution is -2.30. The number of carbonyl (C=O) groups excluding carboxylic acids is 3. The van der Waals surface area contributed by atoms with Crippen molar-refractivity contribution in [2.75, 3.05) is 13.2 Å². The van der Waals surface area contributed by atoms with Crippen molar-refractivity contribution in [3.05, 3.63) is 60.8 Å². The summed E-state index contributed by atoms with van der Waals surface area (Å²) < 4.78 is 16.6. The number of hydrogen-bond acceptors (Lipinski definition) is 6. The van der Waals surface area contributed by atoms with Crippen molar-refractivity contribution >= 4 is 17.9 Å². The van der Waals surface area contributed by atoms with Gasteiger partial charge in [0, 0.05) is 19.3 Å². The van der Waals surface area contributed by atoms with Crippen LogP contribution in [0.25, 0.3) is 0 Å². The van der Waals surface area contributed by atoms with Gasteiger partial charge in [-0.05, 0) is 70.6 Å². The first-order valence-electron chi connectivity index (χ1n) is 24.3. The van der Waals surface area contributed by atoms with Crippen molar-refractivity contribution < 1.29 is 28.6 Å². The van der Waals surface area contributed by atoms with Crippen LogP contribution in [0.2, 0.25) is 0 Å². The number of hydrogen-bond donors (Lipinski definition) is 0. The third kappa shape index (κ3) is 44.2. The second kappa shape index (κ2) is 46.8. The van der Waals surface area contributed by atoms with Crippen molar-refractivity contribution in [3.63, 3.8) is 0 Å². The van der Waals surface area contributed by atoms with Crippen LogP contribution in [0.4, 0.5) is 0 Å². The van der Waals surface area contributed by atoms with Crippen LogP contribution in [0, 0.1) is 0 Å². The molecule has 0 amide bonds. The summed E-state index contributed by atoms with van der Waals surface area (Å²) in [5.74, 6) is -0.992. The zero-order valence-corrected chi connectivity index (χ0v) is 38.0. The van der Waals surface area contributed by atoms with Crippen LogP contribution < -0.4 is 0 Å². The van der Waals surface area contributed by atoms with Gasteiger partial charge in [0.25, 0.3) is 0 Å². The SMILES string of the molecule is CC/C=C\C/C=C\C/C=C\C/C=C\CCC(=O)OC(COC(=O)CCCCCCCCC/C=C\CCCCCCCCC)COC(=O)CCCCCCCCCCC. The Hall–Kier alpha value is -2.89. The Morgan fingerprint density at radius 2 is 0.707 bits per heavy atom. The minimum Gasteiger partial charge on any atom is -0.462 e. The van der Waals surface area contributed by atoms with E-state index >= 15 is 0 Å². The summed E-state index contributed by atoms with van der Waals surface area (Å²) in [5, 5.41) is 0. The third-order valence-electron chi connectivity index (χ3n) is 10.3. The van der Waals surface area contributed by atoms with Crippen LogP contribution in [0.1, 0.15) is 233 Å². The second-order valence-electron chi connectivity index (χ2n) is 16.0. The van der Waals surface area contributed by atoms with E-state index in [0.29, 0.717) is 19.3 Å². The molecule has 0 aromatic carbocycles. The molecule has 0 rings (SSSR count). The molecule has 0 heterocycles. The van der Waals surface area contributed by atoms with Crippen LogP contribution in [-0.2, 0) is 28.6 Å². The molecule has 0 aromatic heterocycles. The standard InChI is InChI=1S/C52H90O6/c1-4-7-10-13-16-19-21-23-24-25-26-27-29-30-33-36-39-42-45-51(54)57-48-49(47-56-50(53)44-41-38-35-32-18-15-12-9-6-3)58-52(55)46-43-40-37-34-31-28-22-20-17-14-11-8-5-2/h8,11,17,20,24-25,28,31,37,40,49H,4-7,9-10,12-16,18-19,21-23,26-27,29-30,32-36,38-39,41-48H2,1-3H3/b11-8-,20-17-,25-24-,31-28-,40-37-. The average Bonchev–Trinajstić information content (AvgIpc) is 3.22. The highest BCUT2D eigenvalue weighted by Gasteiger charge is 2.19. The zero-order chi connectivity index (χ0) is 42.3. The van der Waals surface area contributed by atoms with Crippen LogP contribution in [0.5, 0.6) is 0 Å². The minimum atomic E-state index is -0.809. The summed E-state index contributed by atoms with van der Waals surface area (Å²) in [6.07, 6.45) is 56.5. The lowest BCUT2D eigenvalue weighted by Gasteiger charge is -2.18. The van der Waals surface area contributed by atoms with Gasteiger partial charge in [0.05, 0.1) is 0 Å². The van der Waals surface area contributed by atoms with Crippen molar-refractivity contribution in [2.45, 2.75) is 239 Å². The summed E-state index contributed by atoms with van der Waals surface area (Å²) in [5.41, 5.74) is 0. The van der Waals surface area contributed by atoms with Gasteiger partial charge in [0.2, 0.25) is 0 Å². The van der Waals surface area contributed by atoms with E-state index in [2.05, 4.69) is 69.4 Å². The van der Waals surface area contributed by atoms with Crippen molar-refractivity contribution in [2.24, 2.45) is 0 Å². The molecule has 0 bridgehead atoms. The molecule has 0 radical (unpaired) electrons. The van der Waals surface area contributed by atoms with Crippen LogP contribution >= 0.6 is 0 Å². The molecular weight excluding hydrogens is 721 g/mol. The Balaban J connectivity index is 4.39. The van der Waals surface area contributed by atoms with E-state index in [1.807, 2.05) is 12.2 Å². The summed E-state index contributed by atoms with van der Waals surface area (Å²) >= 11 is 0. The van der Waals surface area contributed by atoms with Crippen LogP contribution in [0.15, 0.2) is 60.8 Å². The van der Waals surface area contributed by atoms with E-state index in [1.54, 1.807) is 0 Å². The predicted octanol–water partition coefficient (Wildman–Crippen LogP) is 15.7. The molecule has 0 spiro atoms. The normalized spacial score (nSPS) is 12.5. The van der Waals surface area contributed by atoms with Gasteiger partial charge in [0.15, 0.2) is 6.10 Å². The number of ether oxygens (including phenoxy) is 3. The van der Waals surface area contributed by atoms with Gasteiger partial charge < -0.3 is 14.2 Å². The quantitative estimate of drug-likeness (QED) is 0.0264. The fraction of sp³-hybridized carbons (Fsp3) is 0.750. The molecule has 6 nitrogen and oxygen atoms in total. The summed E-state index contributed by atoms with van der Waals surface area (Å²) in [7, 11) is 0. The maximum atomic E-state index is 12.7. The van der Waals surface area contributed by atoms with E-state index in [9.17, 15) is 14.4 Å². The highest BCUT2D eigenvalue weighted by molar-refractivity contribution is 5.71. The van der Waals surface area contributed by atoms with Gasteiger partial charge in [-0.15, -0.1) is 0 Å². The van der Waals surface area contributed by atoms with Gasteiger partial charge in [-0.3, -0.25) is 14.4 Å². The molecule has 0 aliphatic rings. The monoisotopic (exact) mass is 811 g/mol. The Morgan fingerprint density at radius 1 is 0.362 bits per heavy atom. The van der Waals surface area contributed by atoms with E-state index in [0.717, 1.165) is 64.2 Å². The molecule has 0 aliphatic heterocycles. The van der Waals surface area contributed by atoms with E-state index in [-0.39, 0.29) is 31.6 Å². The molecular formula is C52H90O6.